The molecule has 1 N–H and O–H groups in total. The van der Waals surface area contributed by atoms with E-state index >= 15 is 0 Å². The quantitative estimate of drug-likeness (QED) is 0.797. The molecule has 22 heavy (non-hydrogen) atoms. The average Bonchev–Trinajstić information content (AvgIpc) is 3.07. The summed E-state index contributed by atoms with van der Waals surface area (Å²) in [5.41, 5.74) is 1.99. The molecule has 1 aromatic heterocycles. The fourth-order valence-electron chi connectivity index (χ4n) is 1.97. The van der Waals surface area contributed by atoms with Crippen molar-refractivity contribution in [2.75, 3.05) is 20.8 Å². The highest BCUT2D eigenvalue weighted by atomic mass is 32.1. The first-order chi connectivity index (χ1) is 10.7. The van der Waals surface area contributed by atoms with E-state index in [1.54, 1.807) is 31.6 Å². The molecule has 1 atom stereocenters. The lowest BCUT2D eigenvalue weighted by Gasteiger charge is -2.16. The Kier molecular flexibility index (Phi) is 6.18. The topological polar surface area (TPSA) is 47.6 Å². The van der Waals surface area contributed by atoms with Crippen LogP contribution in [0.15, 0.2) is 47.2 Å². The van der Waals surface area contributed by atoms with Gasteiger partial charge in [-0.2, -0.15) is 11.3 Å². The van der Waals surface area contributed by atoms with Gasteiger partial charge in [-0.3, -0.25) is 4.79 Å². The van der Waals surface area contributed by atoms with Gasteiger partial charge in [-0.25, -0.2) is 0 Å². The largest absolute Gasteiger partial charge is 0.497 e. The summed E-state index contributed by atoms with van der Waals surface area (Å²) in [6, 6.07) is 9.59. The normalized spacial score (nSPS) is 12.3. The van der Waals surface area contributed by atoms with E-state index in [1.165, 1.54) is 6.08 Å². The fourth-order valence-corrected chi connectivity index (χ4v) is 2.60. The molecule has 116 valence electrons. The molecule has 0 spiro atoms. The first kappa shape index (κ1) is 16.3. The molecule has 5 heteroatoms. The maximum atomic E-state index is 11.8. The number of amides is 1. The van der Waals surface area contributed by atoms with E-state index in [4.69, 9.17) is 9.47 Å². The number of hydrogen-bond acceptors (Lipinski definition) is 4. The zero-order valence-electron chi connectivity index (χ0n) is 12.6. The van der Waals surface area contributed by atoms with Crippen molar-refractivity contribution in [3.05, 3.63) is 58.3 Å². The lowest BCUT2D eigenvalue weighted by molar-refractivity contribution is -0.117. The van der Waals surface area contributed by atoms with Crippen LogP contribution in [0.2, 0.25) is 0 Å². The maximum absolute atomic E-state index is 11.8. The van der Waals surface area contributed by atoms with Crippen molar-refractivity contribution in [2.24, 2.45) is 0 Å². The summed E-state index contributed by atoms with van der Waals surface area (Å²) in [6.07, 6.45) is 3.10. The van der Waals surface area contributed by atoms with Crippen LogP contribution in [0.1, 0.15) is 17.2 Å². The monoisotopic (exact) mass is 317 g/mol. The van der Waals surface area contributed by atoms with Gasteiger partial charge in [0.25, 0.3) is 0 Å². The van der Waals surface area contributed by atoms with Crippen LogP contribution in [0.4, 0.5) is 0 Å². The molecular weight excluding hydrogens is 298 g/mol. The number of methoxy groups -OCH3 is 2. The molecule has 0 saturated heterocycles. The Bertz CT molecular complexity index is 623. The SMILES string of the molecule is COc1cccc(C(CNC(=O)C=Cc2ccsc2)OC)c1. The van der Waals surface area contributed by atoms with E-state index in [-0.39, 0.29) is 12.0 Å². The third-order valence-electron chi connectivity index (χ3n) is 3.18. The Balaban J connectivity index is 1.91. The van der Waals surface area contributed by atoms with Gasteiger partial charge in [0.15, 0.2) is 0 Å². The molecule has 1 amide bonds. The summed E-state index contributed by atoms with van der Waals surface area (Å²) in [5, 5.41) is 6.80. The minimum Gasteiger partial charge on any atom is -0.497 e. The molecule has 0 aliphatic heterocycles. The molecule has 2 aromatic rings. The molecule has 1 aromatic carbocycles. The van der Waals surface area contributed by atoms with Crippen LogP contribution in [0.3, 0.4) is 0 Å². The smallest absolute Gasteiger partial charge is 0.244 e. The van der Waals surface area contributed by atoms with Crippen LogP contribution >= 0.6 is 11.3 Å². The van der Waals surface area contributed by atoms with E-state index in [1.807, 2.05) is 41.1 Å². The number of carbonyl (C=O) groups is 1. The number of rotatable bonds is 7. The molecule has 0 fully saturated rings. The van der Waals surface area contributed by atoms with Crippen LogP contribution in [-0.2, 0) is 9.53 Å². The molecule has 0 radical (unpaired) electrons. The van der Waals surface area contributed by atoms with Crippen molar-refractivity contribution in [3.63, 3.8) is 0 Å². The van der Waals surface area contributed by atoms with Crippen LogP contribution in [0.5, 0.6) is 5.75 Å². The van der Waals surface area contributed by atoms with Gasteiger partial charge in [0.1, 0.15) is 5.75 Å². The molecular formula is C17H19NO3S. The third kappa shape index (κ3) is 4.72. The van der Waals surface area contributed by atoms with Crippen molar-refractivity contribution < 1.29 is 14.3 Å². The van der Waals surface area contributed by atoms with Crippen LogP contribution in [0, 0.1) is 0 Å². The van der Waals surface area contributed by atoms with Gasteiger partial charge >= 0.3 is 0 Å². The molecule has 0 saturated carbocycles. The predicted molar refractivity (Wildman–Crippen MR) is 89.1 cm³/mol. The Morgan fingerprint density at radius 3 is 2.91 bits per heavy atom. The van der Waals surface area contributed by atoms with Crippen LogP contribution in [-0.4, -0.2) is 26.7 Å². The van der Waals surface area contributed by atoms with Crippen molar-refractivity contribution in [1.29, 1.82) is 0 Å². The highest BCUT2D eigenvalue weighted by Crippen LogP contribution is 2.20. The molecule has 0 aliphatic carbocycles. The second-order valence-electron chi connectivity index (χ2n) is 4.64. The van der Waals surface area contributed by atoms with Gasteiger partial charge in [-0.05, 0) is 46.2 Å². The van der Waals surface area contributed by atoms with Gasteiger partial charge in [-0.15, -0.1) is 0 Å². The number of benzene rings is 1. The number of hydrogen-bond donors (Lipinski definition) is 1. The highest BCUT2D eigenvalue weighted by Gasteiger charge is 2.12. The van der Waals surface area contributed by atoms with E-state index in [9.17, 15) is 4.79 Å². The van der Waals surface area contributed by atoms with Crippen molar-refractivity contribution in [1.82, 2.24) is 5.32 Å². The maximum Gasteiger partial charge on any atom is 0.244 e. The van der Waals surface area contributed by atoms with Crippen molar-refractivity contribution in [3.8, 4) is 5.75 Å². The Hall–Kier alpha value is -2.11. The van der Waals surface area contributed by atoms with Gasteiger partial charge in [-0.1, -0.05) is 12.1 Å². The molecule has 1 unspecified atom stereocenters. The van der Waals surface area contributed by atoms with E-state index < -0.39 is 0 Å². The van der Waals surface area contributed by atoms with Crippen LogP contribution in [0.25, 0.3) is 6.08 Å². The van der Waals surface area contributed by atoms with E-state index in [2.05, 4.69) is 5.32 Å². The summed E-state index contributed by atoms with van der Waals surface area (Å²) < 4.78 is 10.6. The lowest BCUT2D eigenvalue weighted by Crippen LogP contribution is -2.27. The zero-order valence-corrected chi connectivity index (χ0v) is 13.4. The summed E-state index contributed by atoms with van der Waals surface area (Å²) in [5.74, 6) is 0.624. The first-order valence-corrected chi connectivity index (χ1v) is 7.82. The standard InChI is InChI=1S/C17H19NO3S/c1-20-15-5-3-4-14(10-15)16(21-2)11-18-17(19)7-6-13-8-9-22-12-13/h3-10,12,16H,11H2,1-2H3,(H,18,19). The zero-order chi connectivity index (χ0) is 15.8. The minimum atomic E-state index is -0.214. The number of thiophene rings is 1. The van der Waals surface area contributed by atoms with Crippen molar-refractivity contribution in [2.45, 2.75) is 6.10 Å². The summed E-state index contributed by atoms with van der Waals surface area (Å²) in [7, 11) is 3.25. The Morgan fingerprint density at radius 2 is 2.23 bits per heavy atom. The van der Waals surface area contributed by atoms with E-state index in [0.29, 0.717) is 6.54 Å². The lowest BCUT2D eigenvalue weighted by atomic mass is 10.1. The average molecular weight is 317 g/mol. The number of carbonyl (C=O) groups excluding carboxylic acids is 1. The number of nitrogens with one attached hydrogen (secondary N) is 1. The predicted octanol–water partition coefficient (Wildman–Crippen LogP) is 3.27. The van der Waals surface area contributed by atoms with Gasteiger partial charge in [0.05, 0.1) is 13.2 Å². The number of ether oxygens (including phenoxy) is 2. The second kappa shape index (κ2) is 8.36. The summed E-state index contributed by atoms with van der Waals surface area (Å²) in [4.78, 5) is 11.8. The Labute approximate surface area is 134 Å². The van der Waals surface area contributed by atoms with E-state index in [0.717, 1.165) is 16.9 Å². The second-order valence-corrected chi connectivity index (χ2v) is 5.42. The first-order valence-electron chi connectivity index (χ1n) is 6.88. The summed E-state index contributed by atoms with van der Waals surface area (Å²) >= 11 is 1.60. The molecule has 2 rings (SSSR count). The minimum absolute atomic E-state index is 0.142. The van der Waals surface area contributed by atoms with Crippen molar-refractivity contribution >= 4 is 23.3 Å². The van der Waals surface area contributed by atoms with Gasteiger partial charge in [0, 0.05) is 19.7 Å². The third-order valence-corrected chi connectivity index (χ3v) is 3.88. The fraction of sp³-hybridized carbons (Fsp3) is 0.235. The highest BCUT2D eigenvalue weighted by molar-refractivity contribution is 7.08. The summed E-state index contributed by atoms with van der Waals surface area (Å²) in [6.45, 7) is 0.399. The van der Waals surface area contributed by atoms with Crippen LogP contribution < -0.4 is 10.1 Å². The Morgan fingerprint density at radius 1 is 1.36 bits per heavy atom. The molecule has 0 aliphatic rings. The molecule has 1 heterocycles. The molecule has 0 bridgehead atoms. The van der Waals surface area contributed by atoms with Gasteiger partial charge < -0.3 is 14.8 Å². The van der Waals surface area contributed by atoms with Gasteiger partial charge in [0.2, 0.25) is 5.91 Å². The molecule has 4 nitrogen and oxygen atoms in total.